The van der Waals surface area contributed by atoms with Crippen LogP contribution in [0.3, 0.4) is 0 Å². The molecule has 0 rings (SSSR count). The van der Waals surface area contributed by atoms with Gasteiger partial charge in [0.05, 0.1) is 6.61 Å². The van der Waals surface area contributed by atoms with Gasteiger partial charge in [0.2, 0.25) is 0 Å². The molecule has 0 saturated heterocycles. The highest BCUT2D eigenvalue weighted by Gasteiger charge is 2.17. The molecule has 0 spiro atoms. The van der Waals surface area contributed by atoms with Gasteiger partial charge >= 0.3 is 11.9 Å². The number of rotatable bonds is 47. The van der Waals surface area contributed by atoms with Crippen molar-refractivity contribution in [1.82, 2.24) is 0 Å². The zero-order valence-corrected chi connectivity index (χ0v) is 38.2. The van der Waals surface area contributed by atoms with Crippen LogP contribution >= 0.6 is 0 Å². The van der Waals surface area contributed by atoms with E-state index in [9.17, 15) is 9.59 Å². The number of hydrogen-bond donors (Lipinski definition) is 0. The molecule has 0 aliphatic heterocycles. The topological polar surface area (TPSA) is 61.8 Å². The van der Waals surface area contributed by atoms with E-state index in [0.717, 1.165) is 44.9 Å². The van der Waals surface area contributed by atoms with E-state index in [4.69, 9.17) is 14.2 Å². The molecule has 0 radical (unpaired) electrons. The fourth-order valence-electron chi connectivity index (χ4n) is 7.49. The molecule has 0 aromatic rings. The first-order valence-electron chi connectivity index (χ1n) is 25.2. The maximum absolute atomic E-state index is 12.7. The van der Waals surface area contributed by atoms with Crippen LogP contribution in [0.25, 0.3) is 0 Å². The predicted molar refractivity (Wildman–Crippen MR) is 242 cm³/mol. The molecule has 332 valence electrons. The minimum absolute atomic E-state index is 0.0892. The summed E-state index contributed by atoms with van der Waals surface area (Å²) in [5, 5.41) is 0. The maximum atomic E-state index is 12.7. The third-order valence-electron chi connectivity index (χ3n) is 11.3. The molecule has 0 aromatic heterocycles. The summed E-state index contributed by atoms with van der Waals surface area (Å²) < 4.78 is 17.3. The quantitative estimate of drug-likeness (QED) is 0.0349. The molecule has 0 bridgehead atoms. The molecule has 0 amide bonds. The summed E-state index contributed by atoms with van der Waals surface area (Å²) in [6.45, 7) is 7.82. The summed E-state index contributed by atoms with van der Waals surface area (Å²) in [4.78, 5) is 25.2. The average Bonchev–Trinajstić information content (AvgIpc) is 3.20. The third kappa shape index (κ3) is 45.3. The van der Waals surface area contributed by atoms with Crippen molar-refractivity contribution in [3.63, 3.8) is 0 Å². The van der Waals surface area contributed by atoms with Crippen LogP contribution in [-0.2, 0) is 23.8 Å². The Morgan fingerprint density at radius 1 is 0.375 bits per heavy atom. The van der Waals surface area contributed by atoms with Crippen molar-refractivity contribution in [2.75, 3.05) is 19.8 Å². The molecule has 0 aromatic carbocycles. The van der Waals surface area contributed by atoms with E-state index in [1.807, 2.05) is 0 Å². The van der Waals surface area contributed by atoms with Crippen LogP contribution < -0.4 is 0 Å². The molecule has 5 nitrogen and oxygen atoms in total. The number of ether oxygens (including phenoxy) is 3. The summed E-state index contributed by atoms with van der Waals surface area (Å²) in [5.41, 5.74) is 0. The smallest absolute Gasteiger partial charge is 0.306 e. The van der Waals surface area contributed by atoms with Crippen LogP contribution in [0, 0.1) is 0 Å². The van der Waals surface area contributed by atoms with Gasteiger partial charge in [0.1, 0.15) is 6.61 Å². The summed E-state index contributed by atoms with van der Waals surface area (Å²) in [5.74, 6) is -0.394. The molecule has 1 atom stereocenters. The van der Waals surface area contributed by atoms with Gasteiger partial charge in [-0.15, -0.1) is 0 Å². The Morgan fingerprint density at radius 2 is 0.714 bits per heavy atom. The second-order valence-electron chi connectivity index (χ2n) is 17.1. The average molecular weight is 791 g/mol. The van der Waals surface area contributed by atoms with Crippen molar-refractivity contribution in [2.45, 2.75) is 284 Å². The van der Waals surface area contributed by atoms with E-state index >= 15 is 0 Å². The Morgan fingerprint density at radius 3 is 1.14 bits per heavy atom. The molecule has 56 heavy (non-hydrogen) atoms. The lowest BCUT2D eigenvalue weighted by Crippen LogP contribution is -2.30. The van der Waals surface area contributed by atoms with E-state index < -0.39 is 6.10 Å². The fourth-order valence-corrected chi connectivity index (χ4v) is 7.49. The van der Waals surface area contributed by atoms with Crippen molar-refractivity contribution in [1.29, 1.82) is 0 Å². The second-order valence-corrected chi connectivity index (χ2v) is 17.1. The summed E-state index contributed by atoms with van der Waals surface area (Å²) in [7, 11) is 0. The Bertz CT molecular complexity index is 810. The van der Waals surface area contributed by atoms with E-state index in [1.54, 1.807) is 0 Å². The Kier molecular flexibility index (Phi) is 46.8. The van der Waals surface area contributed by atoms with Crippen LogP contribution in [0.5, 0.6) is 0 Å². The number of esters is 2. The number of hydrogen-bond acceptors (Lipinski definition) is 5. The van der Waals surface area contributed by atoms with Gasteiger partial charge in [-0.1, -0.05) is 238 Å². The Labute approximate surface area is 350 Å². The van der Waals surface area contributed by atoms with Gasteiger partial charge in [-0.2, -0.15) is 0 Å². The van der Waals surface area contributed by atoms with Gasteiger partial charge in [-0.05, 0) is 38.5 Å². The molecule has 0 saturated carbocycles. The van der Waals surface area contributed by atoms with Gasteiger partial charge in [0.25, 0.3) is 0 Å². The van der Waals surface area contributed by atoms with E-state index in [0.29, 0.717) is 26.1 Å². The molecular formula is C51H98O5. The highest BCUT2D eigenvalue weighted by atomic mass is 16.6. The zero-order valence-electron chi connectivity index (χ0n) is 38.2. The van der Waals surface area contributed by atoms with Gasteiger partial charge in [0, 0.05) is 19.4 Å². The summed E-state index contributed by atoms with van der Waals surface area (Å²) in [6.07, 6.45) is 53.7. The predicted octanol–water partition coefficient (Wildman–Crippen LogP) is 16.7. The van der Waals surface area contributed by atoms with Crippen molar-refractivity contribution < 1.29 is 23.8 Å². The molecule has 5 heteroatoms. The lowest BCUT2D eigenvalue weighted by molar-refractivity contribution is -0.163. The third-order valence-corrected chi connectivity index (χ3v) is 11.3. The van der Waals surface area contributed by atoms with Crippen molar-refractivity contribution in [2.24, 2.45) is 0 Å². The SMILES string of the molecule is CCCC/C=C\CCCCCCCC(=O)OCC(COCCCCCCCCCCCCCCCCCCCCCC)OC(=O)CCCCCCCCCCC. The number of unbranched alkanes of at least 4 members (excludes halogenated alkanes) is 34. The van der Waals surface area contributed by atoms with Crippen LogP contribution in [0.15, 0.2) is 12.2 Å². The first-order valence-corrected chi connectivity index (χ1v) is 25.2. The van der Waals surface area contributed by atoms with Gasteiger partial charge in [-0.25, -0.2) is 0 Å². The van der Waals surface area contributed by atoms with Gasteiger partial charge in [0.15, 0.2) is 6.10 Å². The standard InChI is InChI=1S/C51H98O5/c1-4-7-10-13-16-19-21-22-23-24-25-26-27-28-29-31-34-37-40-43-46-54-47-49(56-51(53)45-42-39-36-32-18-15-12-9-6-3)48-55-50(52)44-41-38-35-33-30-20-17-14-11-8-5-2/h14,17,49H,4-13,15-16,18-48H2,1-3H3/b17-14-. The van der Waals surface area contributed by atoms with Gasteiger partial charge < -0.3 is 14.2 Å². The largest absolute Gasteiger partial charge is 0.462 e. The summed E-state index contributed by atoms with van der Waals surface area (Å²) >= 11 is 0. The van der Waals surface area contributed by atoms with Gasteiger partial charge in [-0.3, -0.25) is 9.59 Å². The number of allylic oxidation sites excluding steroid dienone is 2. The van der Waals surface area contributed by atoms with E-state index in [-0.39, 0.29) is 18.5 Å². The first kappa shape index (κ1) is 54.6. The van der Waals surface area contributed by atoms with Crippen molar-refractivity contribution in [3.8, 4) is 0 Å². The molecule has 0 N–H and O–H groups in total. The number of carbonyl (C=O) groups excluding carboxylic acids is 2. The molecule has 0 aliphatic carbocycles. The molecule has 0 aliphatic rings. The minimum atomic E-state index is -0.527. The molecule has 1 unspecified atom stereocenters. The first-order chi connectivity index (χ1) is 27.6. The lowest BCUT2D eigenvalue weighted by Gasteiger charge is -2.18. The number of carbonyl (C=O) groups is 2. The van der Waals surface area contributed by atoms with Crippen LogP contribution in [0.1, 0.15) is 278 Å². The van der Waals surface area contributed by atoms with Crippen LogP contribution in [0.4, 0.5) is 0 Å². The van der Waals surface area contributed by atoms with E-state index in [2.05, 4.69) is 32.9 Å². The Hall–Kier alpha value is -1.36. The lowest BCUT2D eigenvalue weighted by atomic mass is 10.0. The molecule has 0 fully saturated rings. The molecule has 0 heterocycles. The normalized spacial score (nSPS) is 12.1. The minimum Gasteiger partial charge on any atom is -0.462 e. The second kappa shape index (κ2) is 48.0. The van der Waals surface area contributed by atoms with Crippen molar-refractivity contribution in [3.05, 3.63) is 12.2 Å². The highest BCUT2D eigenvalue weighted by Crippen LogP contribution is 2.16. The zero-order chi connectivity index (χ0) is 40.7. The molecular weight excluding hydrogens is 693 g/mol. The van der Waals surface area contributed by atoms with Crippen molar-refractivity contribution >= 4 is 11.9 Å². The monoisotopic (exact) mass is 791 g/mol. The van der Waals surface area contributed by atoms with Crippen LogP contribution in [0.2, 0.25) is 0 Å². The fraction of sp³-hybridized carbons (Fsp3) is 0.922. The highest BCUT2D eigenvalue weighted by molar-refractivity contribution is 5.70. The summed E-state index contributed by atoms with van der Waals surface area (Å²) in [6, 6.07) is 0. The van der Waals surface area contributed by atoms with Crippen LogP contribution in [-0.4, -0.2) is 37.9 Å². The van der Waals surface area contributed by atoms with E-state index in [1.165, 1.54) is 199 Å². The Balaban J connectivity index is 4.07. The maximum Gasteiger partial charge on any atom is 0.306 e.